The summed E-state index contributed by atoms with van der Waals surface area (Å²) in [6, 6.07) is 0.132. The van der Waals surface area contributed by atoms with Crippen LogP contribution in [-0.4, -0.2) is 24.0 Å². The molecular formula is C14H23N3O2S. The van der Waals surface area contributed by atoms with Gasteiger partial charge in [-0.05, 0) is 38.0 Å². The van der Waals surface area contributed by atoms with Crippen LogP contribution in [0, 0.1) is 5.92 Å². The number of nitrogens with one attached hydrogen (secondary N) is 1. The third kappa shape index (κ3) is 2.63. The van der Waals surface area contributed by atoms with E-state index in [0.717, 1.165) is 56.6 Å². The Balaban J connectivity index is 2.01. The minimum atomic E-state index is -3.44. The molecule has 1 N–H and O–H groups in total. The predicted molar refractivity (Wildman–Crippen MR) is 77.1 cm³/mol. The summed E-state index contributed by atoms with van der Waals surface area (Å²) in [5, 5.41) is 0.291. The Bertz CT molecular complexity index is 602. The van der Waals surface area contributed by atoms with E-state index in [1.165, 1.54) is 0 Å². The highest BCUT2D eigenvalue weighted by molar-refractivity contribution is 7.89. The molecule has 1 atom stereocenters. The molecule has 2 aliphatic rings. The summed E-state index contributed by atoms with van der Waals surface area (Å²) in [6.45, 7) is 5.18. The van der Waals surface area contributed by atoms with E-state index in [1.807, 2.05) is 0 Å². The number of nitrogens with zero attached hydrogens (tertiary/aromatic N) is 2. The van der Waals surface area contributed by atoms with Gasteiger partial charge in [0.15, 0.2) is 5.03 Å². The molecule has 20 heavy (non-hydrogen) atoms. The molecule has 0 amide bonds. The standard InChI is InChI=1S/C14H23N3O2S/c1-3-4-13-15-14(20(18,19)16-11-5-6-11)12-9-10(2)7-8-17(12)13/h10-11,16H,3-9H2,1-2H3. The van der Waals surface area contributed by atoms with Crippen molar-refractivity contribution in [2.24, 2.45) is 5.92 Å². The third-order valence-corrected chi connectivity index (χ3v) is 5.61. The van der Waals surface area contributed by atoms with E-state index in [-0.39, 0.29) is 6.04 Å². The monoisotopic (exact) mass is 297 g/mol. The number of hydrogen-bond acceptors (Lipinski definition) is 3. The maximum Gasteiger partial charge on any atom is 0.260 e. The summed E-state index contributed by atoms with van der Waals surface area (Å²) in [7, 11) is -3.44. The first-order chi connectivity index (χ1) is 9.51. The van der Waals surface area contributed by atoms with E-state index < -0.39 is 10.0 Å². The quantitative estimate of drug-likeness (QED) is 0.902. The summed E-state index contributed by atoms with van der Waals surface area (Å²) in [5.74, 6) is 1.47. The molecular weight excluding hydrogens is 274 g/mol. The predicted octanol–water partition coefficient (Wildman–Crippen LogP) is 1.86. The van der Waals surface area contributed by atoms with Crippen molar-refractivity contribution in [2.45, 2.75) is 70.0 Å². The Hall–Kier alpha value is -0.880. The lowest BCUT2D eigenvalue weighted by Gasteiger charge is -2.22. The average Bonchev–Trinajstić information content (AvgIpc) is 3.10. The normalized spacial score (nSPS) is 22.8. The highest BCUT2D eigenvalue weighted by atomic mass is 32.2. The Kier molecular flexibility index (Phi) is 3.62. The molecule has 1 aliphatic heterocycles. The lowest BCUT2D eigenvalue weighted by Crippen LogP contribution is -2.28. The Morgan fingerprint density at radius 3 is 2.75 bits per heavy atom. The number of aromatic nitrogens is 2. The van der Waals surface area contributed by atoms with Crippen LogP contribution in [0.3, 0.4) is 0 Å². The largest absolute Gasteiger partial charge is 0.331 e. The smallest absolute Gasteiger partial charge is 0.260 e. The molecule has 0 radical (unpaired) electrons. The van der Waals surface area contributed by atoms with E-state index in [1.54, 1.807) is 0 Å². The van der Waals surface area contributed by atoms with Gasteiger partial charge < -0.3 is 4.57 Å². The number of rotatable bonds is 5. The lowest BCUT2D eigenvalue weighted by molar-refractivity contribution is 0.404. The fourth-order valence-electron chi connectivity index (χ4n) is 2.86. The van der Waals surface area contributed by atoms with Crippen molar-refractivity contribution in [2.75, 3.05) is 0 Å². The van der Waals surface area contributed by atoms with E-state index in [9.17, 15) is 8.42 Å². The van der Waals surface area contributed by atoms with Crippen LogP contribution in [0.5, 0.6) is 0 Å². The molecule has 0 bridgehead atoms. The minimum Gasteiger partial charge on any atom is -0.331 e. The van der Waals surface area contributed by atoms with Crippen molar-refractivity contribution >= 4 is 10.0 Å². The SMILES string of the molecule is CCCc1nc(S(=O)(=O)NC2CC2)c2n1CCC(C)C2. The van der Waals surface area contributed by atoms with Crippen LogP contribution in [0.25, 0.3) is 0 Å². The fourth-order valence-corrected chi connectivity index (χ4v) is 4.38. The lowest BCUT2D eigenvalue weighted by atomic mass is 9.98. The zero-order valence-electron chi connectivity index (χ0n) is 12.2. The van der Waals surface area contributed by atoms with Crippen molar-refractivity contribution in [3.8, 4) is 0 Å². The number of imidazole rings is 1. The fraction of sp³-hybridized carbons (Fsp3) is 0.786. The summed E-state index contributed by atoms with van der Waals surface area (Å²) in [4.78, 5) is 4.48. The Labute approximate surface area is 120 Å². The molecule has 1 fully saturated rings. The second-order valence-corrected chi connectivity index (χ2v) is 7.80. The van der Waals surface area contributed by atoms with Crippen LogP contribution >= 0.6 is 0 Å². The zero-order valence-corrected chi connectivity index (χ0v) is 13.0. The maximum atomic E-state index is 12.5. The van der Waals surface area contributed by atoms with Crippen LogP contribution in [0.1, 0.15) is 51.0 Å². The minimum absolute atomic E-state index is 0.132. The molecule has 0 saturated heterocycles. The second-order valence-electron chi connectivity index (χ2n) is 6.18. The van der Waals surface area contributed by atoms with E-state index in [2.05, 4.69) is 28.1 Å². The van der Waals surface area contributed by atoms with Gasteiger partial charge in [0.25, 0.3) is 10.0 Å². The summed E-state index contributed by atoms with van der Waals surface area (Å²) in [6.07, 6.45) is 5.66. The molecule has 0 aromatic carbocycles. The summed E-state index contributed by atoms with van der Waals surface area (Å²) < 4.78 is 29.9. The van der Waals surface area contributed by atoms with Crippen LogP contribution in [-0.2, 0) is 29.4 Å². The third-order valence-electron chi connectivity index (χ3n) is 4.13. The van der Waals surface area contributed by atoms with Gasteiger partial charge in [0.1, 0.15) is 5.82 Å². The highest BCUT2D eigenvalue weighted by Gasteiger charge is 2.34. The van der Waals surface area contributed by atoms with Crippen LogP contribution in [0.2, 0.25) is 0 Å². The number of hydrogen-bond donors (Lipinski definition) is 1. The molecule has 1 aromatic heterocycles. The number of aryl methyl sites for hydroxylation is 1. The average molecular weight is 297 g/mol. The van der Waals surface area contributed by atoms with Crippen LogP contribution in [0.4, 0.5) is 0 Å². The molecule has 1 unspecified atom stereocenters. The molecule has 112 valence electrons. The van der Waals surface area contributed by atoms with E-state index in [4.69, 9.17) is 0 Å². The number of sulfonamides is 1. The molecule has 0 spiro atoms. The first kappa shape index (κ1) is 14.1. The Morgan fingerprint density at radius 1 is 1.35 bits per heavy atom. The van der Waals surface area contributed by atoms with Gasteiger partial charge in [-0.15, -0.1) is 0 Å². The van der Waals surface area contributed by atoms with Gasteiger partial charge in [0.05, 0.1) is 5.69 Å². The first-order valence-electron chi connectivity index (χ1n) is 7.62. The molecule has 1 saturated carbocycles. The van der Waals surface area contributed by atoms with Crippen LogP contribution in [0.15, 0.2) is 5.03 Å². The summed E-state index contributed by atoms with van der Waals surface area (Å²) in [5.41, 5.74) is 0.917. The van der Waals surface area contributed by atoms with Gasteiger partial charge in [-0.3, -0.25) is 0 Å². The maximum absolute atomic E-state index is 12.5. The van der Waals surface area contributed by atoms with Crippen molar-refractivity contribution in [3.63, 3.8) is 0 Å². The molecule has 1 aliphatic carbocycles. The van der Waals surface area contributed by atoms with Gasteiger partial charge in [0, 0.05) is 19.0 Å². The van der Waals surface area contributed by atoms with Crippen molar-refractivity contribution in [1.82, 2.24) is 14.3 Å². The van der Waals surface area contributed by atoms with Gasteiger partial charge in [-0.2, -0.15) is 0 Å². The molecule has 2 heterocycles. The molecule has 3 rings (SSSR count). The summed E-state index contributed by atoms with van der Waals surface area (Å²) >= 11 is 0. The van der Waals surface area contributed by atoms with Crippen molar-refractivity contribution < 1.29 is 8.42 Å². The van der Waals surface area contributed by atoms with E-state index in [0.29, 0.717) is 10.9 Å². The molecule has 1 aromatic rings. The van der Waals surface area contributed by atoms with Gasteiger partial charge in [-0.1, -0.05) is 13.8 Å². The van der Waals surface area contributed by atoms with Gasteiger partial charge >= 0.3 is 0 Å². The number of fused-ring (bicyclic) bond motifs is 1. The zero-order chi connectivity index (χ0) is 14.3. The topological polar surface area (TPSA) is 64.0 Å². The Morgan fingerprint density at radius 2 is 2.10 bits per heavy atom. The first-order valence-corrected chi connectivity index (χ1v) is 9.10. The second kappa shape index (κ2) is 5.15. The van der Waals surface area contributed by atoms with Crippen LogP contribution < -0.4 is 4.72 Å². The van der Waals surface area contributed by atoms with Crippen molar-refractivity contribution in [1.29, 1.82) is 0 Å². The molecule has 5 nitrogen and oxygen atoms in total. The van der Waals surface area contributed by atoms with Gasteiger partial charge in [0.2, 0.25) is 0 Å². The highest BCUT2D eigenvalue weighted by Crippen LogP contribution is 2.29. The molecule has 6 heteroatoms. The van der Waals surface area contributed by atoms with Gasteiger partial charge in [-0.25, -0.2) is 18.1 Å². The van der Waals surface area contributed by atoms with Crippen molar-refractivity contribution in [3.05, 3.63) is 11.5 Å². The van der Waals surface area contributed by atoms with E-state index >= 15 is 0 Å².